The molecule has 4 nitrogen and oxygen atoms in total. The van der Waals surface area contributed by atoms with Crippen LogP contribution < -0.4 is 9.47 Å². The number of fused-ring (bicyclic) bond motifs is 1. The fourth-order valence-electron chi connectivity index (χ4n) is 4.10. The van der Waals surface area contributed by atoms with Crippen molar-refractivity contribution in [3.05, 3.63) is 23.3 Å². The lowest BCUT2D eigenvalue weighted by Crippen LogP contribution is -2.44. The molecule has 0 saturated carbocycles. The molecule has 0 fully saturated rings. The molecular weight excluding hydrogens is 340 g/mol. The number of unbranched alkanes of at least 4 members (excludes halogenated alkanes) is 3. The van der Waals surface area contributed by atoms with Gasteiger partial charge in [-0.15, -0.1) is 0 Å². The fourth-order valence-corrected chi connectivity index (χ4v) is 4.10. The number of carbonyl (C=O) groups is 1. The van der Waals surface area contributed by atoms with Crippen LogP contribution in [0.15, 0.2) is 12.1 Å². The van der Waals surface area contributed by atoms with Crippen LogP contribution in [0.5, 0.6) is 11.5 Å². The van der Waals surface area contributed by atoms with Crippen molar-refractivity contribution in [2.75, 3.05) is 0 Å². The zero-order chi connectivity index (χ0) is 20.2. The van der Waals surface area contributed by atoms with Crippen LogP contribution in [0.25, 0.3) is 0 Å². The Morgan fingerprint density at radius 3 is 2.59 bits per heavy atom. The van der Waals surface area contributed by atoms with E-state index in [4.69, 9.17) is 9.47 Å². The van der Waals surface area contributed by atoms with E-state index in [1.54, 1.807) is 0 Å². The minimum atomic E-state index is -1.16. The van der Waals surface area contributed by atoms with Crippen LogP contribution in [0, 0.1) is 6.92 Å². The van der Waals surface area contributed by atoms with E-state index in [-0.39, 0.29) is 5.60 Å². The summed E-state index contributed by atoms with van der Waals surface area (Å²) in [6, 6.07) is 4.01. The van der Waals surface area contributed by atoms with Gasteiger partial charge in [-0.25, -0.2) is 4.79 Å². The molecule has 0 amide bonds. The zero-order valence-corrected chi connectivity index (χ0v) is 17.9. The van der Waals surface area contributed by atoms with Crippen molar-refractivity contribution in [3.63, 3.8) is 0 Å². The van der Waals surface area contributed by atoms with E-state index in [0.717, 1.165) is 49.0 Å². The second kappa shape index (κ2) is 8.53. The maximum Gasteiger partial charge on any atom is 0.348 e. The van der Waals surface area contributed by atoms with Gasteiger partial charge in [0, 0.05) is 5.56 Å². The Kier molecular flexibility index (Phi) is 6.82. The minimum absolute atomic E-state index is 0.186. The van der Waals surface area contributed by atoms with Crippen LogP contribution in [0.2, 0.25) is 0 Å². The average molecular weight is 377 g/mol. The molecule has 152 valence electrons. The van der Waals surface area contributed by atoms with Crippen molar-refractivity contribution in [2.45, 2.75) is 104 Å². The van der Waals surface area contributed by atoms with Gasteiger partial charge in [-0.3, -0.25) is 0 Å². The number of aryl methyl sites for hydroxylation is 1. The summed E-state index contributed by atoms with van der Waals surface area (Å²) in [4.78, 5) is 12.1. The molecule has 0 aromatic heterocycles. The van der Waals surface area contributed by atoms with Crippen molar-refractivity contribution in [2.24, 2.45) is 0 Å². The van der Waals surface area contributed by atoms with Crippen LogP contribution in [0.1, 0.15) is 96.6 Å². The third kappa shape index (κ3) is 4.97. The van der Waals surface area contributed by atoms with Gasteiger partial charge in [0.2, 0.25) is 5.60 Å². The molecule has 0 bridgehead atoms. The van der Waals surface area contributed by atoms with Crippen molar-refractivity contribution < 1.29 is 19.4 Å². The molecule has 2 unspecified atom stereocenters. The van der Waals surface area contributed by atoms with E-state index >= 15 is 0 Å². The summed E-state index contributed by atoms with van der Waals surface area (Å²) >= 11 is 0. The maximum absolute atomic E-state index is 12.1. The van der Waals surface area contributed by atoms with Crippen LogP contribution in [0.4, 0.5) is 0 Å². The molecule has 1 aromatic carbocycles. The fraction of sp³-hybridized carbons (Fsp3) is 0.696. The molecule has 1 aliphatic heterocycles. The van der Waals surface area contributed by atoms with E-state index in [0.29, 0.717) is 24.5 Å². The molecule has 4 heteroatoms. The third-order valence-corrected chi connectivity index (χ3v) is 5.72. The minimum Gasteiger partial charge on any atom is -0.488 e. The number of hydrogen-bond acceptors (Lipinski definition) is 3. The Labute approximate surface area is 164 Å². The smallest absolute Gasteiger partial charge is 0.348 e. The summed E-state index contributed by atoms with van der Waals surface area (Å²) in [6.07, 6.45) is 6.08. The first-order valence-electron chi connectivity index (χ1n) is 10.4. The molecule has 2 atom stereocenters. The lowest BCUT2D eigenvalue weighted by atomic mass is 9.85. The number of aliphatic carboxylic acids is 1. The Morgan fingerprint density at radius 2 is 2.00 bits per heavy atom. The Balaban J connectivity index is 2.30. The first-order chi connectivity index (χ1) is 12.6. The van der Waals surface area contributed by atoms with Crippen molar-refractivity contribution in [1.29, 1.82) is 0 Å². The number of rotatable bonds is 9. The molecule has 2 rings (SSSR count). The Bertz CT molecular complexity index is 665. The van der Waals surface area contributed by atoms with Gasteiger partial charge in [-0.05, 0) is 70.1 Å². The van der Waals surface area contributed by atoms with E-state index in [1.807, 2.05) is 26.0 Å². The van der Waals surface area contributed by atoms with Gasteiger partial charge in [0.1, 0.15) is 17.1 Å². The second-order valence-corrected chi connectivity index (χ2v) is 8.69. The van der Waals surface area contributed by atoms with Crippen LogP contribution >= 0.6 is 0 Å². The summed E-state index contributed by atoms with van der Waals surface area (Å²) < 4.78 is 12.4. The van der Waals surface area contributed by atoms with Gasteiger partial charge in [0.15, 0.2) is 0 Å². The highest BCUT2D eigenvalue weighted by Gasteiger charge is 2.40. The normalized spacial score (nSPS) is 20.3. The molecule has 1 aromatic rings. The highest BCUT2D eigenvalue weighted by molar-refractivity contribution is 5.78. The molecule has 1 N–H and O–H groups in total. The van der Waals surface area contributed by atoms with E-state index in [2.05, 4.69) is 27.7 Å². The summed E-state index contributed by atoms with van der Waals surface area (Å²) in [6.45, 7) is 12.4. The summed E-state index contributed by atoms with van der Waals surface area (Å²) in [5.41, 5.74) is 0.682. The number of carboxylic acids is 1. The van der Waals surface area contributed by atoms with Crippen LogP contribution in [-0.2, 0) is 4.79 Å². The highest BCUT2D eigenvalue weighted by Crippen LogP contribution is 2.44. The van der Waals surface area contributed by atoms with E-state index in [9.17, 15) is 9.90 Å². The van der Waals surface area contributed by atoms with E-state index < -0.39 is 11.6 Å². The number of ether oxygens (including phenoxy) is 2. The standard InChI is InChI=1S/C23H36O4/c1-7-9-10-11-12-23(8-2,21(24)25)27-19-14-18-17(4)15-22(5,6)26-20(18)13-16(19)3/h13-14,17H,7-12,15H2,1-6H3,(H,24,25). The number of hydrogen-bond donors (Lipinski definition) is 1. The maximum atomic E-state index is 12.1. The second-order valence-electron chi connectivity index (χ2n) is 8.69. The SMILES string of the molecule is CCCCCCC(CC)(Oc1cc2c(cc1C)OC(C)(C)CC2C)C(=O)O. The summed E-state index contributed by atoms with van der Waals surface area (Å²) in [5, 5.41) is 9.94. The molecule has 1 aliphatic rings. The number of benzene rings is 1. The monoisotopic (exact) mass is 376 g/mol. The van der Waals surface area contributed by atoms with Crippen LogP contribution in [-0.4, -0.2) is 22.3 Å². The van der Waals surface area contributed by atoms with Crippen molar-refractivity contribution >= 4 is 5.97 Å². The molecule has 0 spiro atoms. The first-order valence-corrected chi connectivity index (χ1v) is 10.4. The van der Waals surface area contributed by atoms with Gasteiger partial charge in [-0.2, -0.15) is 0 Å². The predicted molar refractivity (Wildman–Crippen MR) is 109 cm³/mol. The molecule has 27 heavy (non-hydrogen) atoms. The van der Waals surface area contributed by atoms with Gasteiger partial charge < -0.3 is 14.6 Å². The summed E-state index contributed by atoms with van der Waals surface area (Å²) in [7, 11) is 0. The van der Waals surface area contributed by atoms with E-state index in [1.165, 1.54) is 0 Å². The molecule has 0 aliphatic carbocycles. The topological polar surface area (TPSA) is 55.8 Å². The Hall–Kier alpha value is -1.71. The molecule has 0 saturated heterocycles. The third-order valence-electron chi connectivity index (χ3n) is 5.72. The summed E-state index contributed by atoms with van der Waals surface area (Å²) in [5.74, 6) is 1.04. The quantitative estimate of drug-likeness (QED) is 0.518. The Morgan fingerprint density at radius 1 is 1.30 bits per heavy atom. The largest absolute Gasteiger partial charge is 0.488 e. The molecular formula is C23H36O4. The van der Waals surface area contributed by atoms with Gasteiger partial charge in [0.05, 0.1) is 0 Å². The van der Waals surface area contributed by atoms with Gasteiger partial charge in [0.25, 0.3) is 0 Å². The van der Waals surface area contributed by atoms with Gasteiger partial charge in [-0.1, -0.05) is 40.0 Å². The lowest BCUT2D eigenvalue weighted by molar-refractivity contribution is -0.156. The van der Waals surface area contributed by atoms with Gasteiger partial charge >= 0.3 is 5.97 Å². The predicted octanol–water partition coefficient (Wildman–Crippen LogP) is 6.24. The lowest BCUT2D eigenvalue weighted by Gasteiger charge is -2.37. The molecule has 0 radical (unpaired) electrons. The molecule has 1 heterocycles. The zero-order valence-electron chi connectivity index (χ0n) is 17.9. The number of carboxylic acid groups (broad SMARTS) is 1. The van der Waals surface area contributed by atoms with Crippen molar-refractivity contribution in [3.8, 4) is 11.5 Å². The first kappa shape index (κ1) is 21.6. The van der Waals surface area contributed by atoms with Crippen molar-refractivity contribution in [1.82, 2.24) is 0 Å². The van der Waals surface area contributed by atoms with Crippen LogP contribution in [0.3, 0.4) is 0 Å². The average Bonchev–Trinajstić information content (AvgIpc) is 2.57. The highest BCUT2D eigenvalue weighted by atomic mass is 16.5.